The lowest BCUT2D eigenvalue weighted by molar-refractivity contribution is -0.139. The molecule has 0 aromatic rings. The zero-order valence-corrected chi connectivity index (χ0v) is 16.7. The van der Waals surface area contributed by atoms with Crippen LogP contribution in [0.2, 0.25) is 0 Å². The van der Waals surface area contributed by atoms with E-state index in [1.165, 1.54) is 0 Å². The third kappa shape index (κ3) is 3.91. The van der Waals surface area contributed by atoms with Crippen LogP contribution in [0.5, 0.6) is 0 Å². The number of carbonyl (C=O) groups is 1. The molecule has 7 heteroatoms. The summed E-state index contributed by atoms with van der Waals surface area (Å²) in [5, 5.41) is 9.03. The van der Waals surface area contributed by atoms with E-state index in [2.05, 4.69) is 6.07 Å². The van der Waals surface area contributed by atoms with Crippen LogP contribution in [0.1, 0.15) is 65.2 Å². The molecule has 1 aliphatic heterocycles. The highest BCUT2D eigenvalue weighted by Gasteiger charge is 2.47. The van der Waals surface area contributed by atoms with Gasteiger partial charge in [-0.15, -0.1) is 0 Å². The number of nitrogens with zero attached hydrogens (tertiary/aromatic N) is 3. The highest BCUT2D eigenvalue weighted by atomic mass is 32.2. The maximum Gasteiger partial charge on any atom is 0.220 e. The van der Waals surface area contributed by atoms with E-state index >= 15 is 0 Å². The van der Waals surface area contributed by atoms with Gasteiger partial charge < -0.3 is 4.90 Å². The van der Waals surface area contributed by atoms with Gasteiger partial charge in [0.15, 0.2) is 0 Å². The monoisotopic (exact) mass is 381 g/mol. The molecule has 2 aliphatic carbocycles. The molecule has 0 aromatic carbocycles. The van der Waals surface area contributed by atoms with Crippen LogP contribution in [0.4, 0.5) is 0 Å². The molecule has 1 saturated heterocycles. The van der Waals surface area contributed by atoms with E-state index in [-0.39, 0.29) is 41.6 Å². The molecule has 0 spiro atoms. The number of amides is 1. The summed E-state index contributed by atoms with van der Waals surface area (Å²) in [6, 6.07) is 2.20. The van der Waals surface area contributed by atoms with E-state index in [0.717, 1.165) is 51.4 Å². The van der Waals surface area contributed by atoms with Crippen LogP contribution in [-0.2, 0) is 14.8 Å². The van der Waals surface area contributed by atoms with Gasteiger partial charge in [0, 0.05) is 37.5 Å². The number of fused-ring (bicyclic) bond motifs is 1. The Bertz CT molecular complexity index is 664. The van der Waals surface area contributed by atoms with Crippen molar-refractivity contribution in [1.82, 2.24) is 9.21 Å². The zero-order valence-electron chi connectivity index (χ0n) is 15.9. The SMILES string of the molecule is CC(=O)N1C2CCCCC2N(S(=O)(=O)CC2CCC(C#N)CC2)C[C@@H]1C. The van der Waals surface area contributed by atoms with Gasteiger partial charge in [0.1, 0.15) is 0 Å². The molecule has 1 amide bonds. The quantitative estimate of drug-likeness (QED) is 0.752. The number of sulfonamides is 1. The minimum atomic E-state index is -3.35. The van der Waals surface area contributed by atoms with Crippen LogP contribution in [0.15, 0.2) is 0 Å². The minimum Gasteiger partial charge on any atom is -0.334 e. The van der Waals surface area contributed by atoms with Gasteiger partial charge in [-0.3, -0.25) is 4.79 Å². The maximum absolute atomic E-state index is 13.2. The van der Waals surface area contributed by atoms with Crippen molar-refractivity contribution >= 4 is 15.9 Å². The van der Waals surface area contributed by atoms with Crippen molar-refractivity contribution in [3.63, 3.8) is 0 Å². The molecule has 0 radical (unpaired) electrons. The van der Waals surface area contributed by atoms with E-state index in [1.54, 1.807) is 11.2 Å². The van der Waals surface area contributed by atoms with Crippen molar-refractivity contribution in [1.29, 1.82) is 5.26 Å². The Balaban J connectivity index is 1.74. The normalized spacial score (nSPS) is 36.2. The lowest BCUT2D eigenvalue weighted by Gasteiger charge is -2.52. The van der Waals surface area contributed by atoms with E-state index in [1.807, 2.05) is 11.8 Å². The molecule has 1 heterocycles. The van der Waals surface area contributed by atoms with Gasteiger partial charge in [-0.05, 0) is 51.4 Å². The predicted molar refractivity (Wildman–Crippen MR) is 99.6 cm³/mol. The van der Waals surface area contributed by atoms with E-state index < -0.39 is 10.0 Å². The van der Waals surface area contributed by atoms with Crippen molar-refractivity contribution in [3.8, 4) is 6.07 Å². The molecule has 0 aromatic heterocycles. The Morgan fingerprint density at radius 3 is 2.27 bits per heavy atom. The summed E-state index contributed by atoms with van der Waals surface area (Å²) in [5.74, 6) is 0.506. The molecule has 2 unspecified atom stereocenters. The number of rotatable bonds is 3. The second kappa shape index (κ2) is 7.85. The van der Waals surface area contributed by atoms with Crippen molar-refractivity contribution in [2.24, 2.45) is 11.8 Å². The number of hydrogen-bond acceptors (Lipinski definition) is 4. The minimum absolute atomic E-state index is 0.0223. The first kappa shape index (κ1) is 19.6. The van der Waals surface area contributed by atoms with Crippen LogP contribution in [0.25, 0.3) is 0 Å². The van der Waals surface area contributed by atoms with Gasteiger partial charge in [-0.1, -0.05) is 12.8 Å². The molecule has 3 rings (SSSR count). The largest absolute Gasteiger partial charge is 0.334 e. The van der Waals surface area contributed by atoms with Crippen LogP contribution in [0.3, 0.4) is 0 Å². The Kier molecular flexibility index (Phi) is 5.93. The summed E-state index contributed by atoms with van der Waals surface area (Å²) in [5.41, 5.74) is 0. The standard InChI is InChI=1S/C19H31N3O3S/c1-14-12-21(18-5-3-4-6-19(18)22(14)15(2)23)26(24,25)13-17-9-7-16(11-20)8-10-17/h14,16-19H,3-10,12-13H2,1-2H3/t14-,16?,17?,18?,19?/m0/s1. The van der Waals surface area contributed by atoms with Crippen LogP contribution in [-0.4, -0.2) is 54.0 Å². The molecule has 0 bridgehead atoms. The van der Waals surface area contributed by atoms with Gasteiger partial charge in [0.2, 0.25) is 15.9 Å². The van der Waals surface area contributed by atoms with Gasteiger partial charge in [-0.2, -0.15) is 9.57 Å². The average Bonchev–Trinajstić information content (AvgIpc) is 2.61. The van der Waals surface area contributed by atoms with Gasteiger partial charge in [0.25, 0.3) is 0 Å². The summed E-state index contributed by atoms with van der Waals surface area (Å²) >= 11 is 0. The van der Waals surface area contributed by atoms with Crippen LogP contribution in [0, 0.1) is 23.2 Å². The first-order valence-electron chi connectivity index (χ1n) is 10.0. The van der Waals surface area contributed by atoms with Crippen molar-refractivity contribution in [2.75, 3.05) is 12.3 Å². The van der Waals surface area contributed by atoms with Crippen LogP contribution >= 0.6 is 0 Å². The van der Waals surface area contributed by atoms with Gasteiger partial charge in [-0.25, -0.2) is 8.42 Å². The third-order valence-corrected chi connectivity index (χ3v) is 8.56. The number of hydrogen-bond donors (Lipinski definition) is 0. The Morgan fingerprint density at radius 2 is 1.69 bits per heavy atom. The molecule has 146 valence electrons. The van der Waals surface area contributed by atoms with E-state index in [9.17, 15) is 13.2 Å². The number of piperazine rings is 1. The molecule has 3 atom stereocenters. The summed E-state index contributed by atoms with van der Waals surface area (Å²) in [4.78, 5) is 14.1. The lowest BCUT2D eigenvalue weighted by atomic mass is 9.84. The number of nitriles is 1. The van der Waals surface area contributed by atoms with Gasteiger partial charge in [0.05, 0.1) is 11.8 Å². The maximum atomic E-state index is 13.2. The average molecular weight is 382 g/mol. The second-order valence-electron chi connectivity index (χ2n) is 8.39. The third-order valence-electron chi connectivity index (χ3n) is 6.54. The molecule has 3 aliphatic rings. The Labute approximate surface area is 157 Å². The fourth-order valence-electron chi connectivity index (χ4n) is 5.28. The van der Waals surface area contributed by atoms with Crippen molar-refractivity contribution < 1.29 is 13.2 Å². The molecule has 26 heavy (non-hydrogen) atoms. The Morgan fingerprint density at radius 1 is 1.08 bits per heavy atom. The Hall–Kier alpha value is -1.13. The summed E-state index contributed by atoms with van der Waals surface area (Å²) < 4.78 is 28.2. The van der Waals surface area contributed by atoms with Crippen molar-refractivity contribution in [3.05, 3.63) is 0 Å². The second-order valence-corrected chi connectivity index (χ2v) is 10.4. The lowest BCUT2D eigenvalue weighted by Crippen LogP contribution is -2.66. The van der Waals surface area contributed by atoms with Crippen molar-refractivity contribution in [2.45, 2.75) is 83.3 Å². The molecule has 3 fully saturated rings. The van der Waals surface area contributed by atoms with Gasteiger partial charge >= 0.3 is 0 Å². The highest BCUT2D eigenvalue weighted by molar-refractivity contribution is 7.89. The molecular weight excluding hydrogens is 350 g/mol. The summed E-state index contributed by atoms with van der Waals surface area (Å²) in [6.45, 7) is 3.98. The predicted octanol–water partition coefficient (Wildman–Crippen LogP) is 2.51. The summed E-state index contributed by atoms with van der Waals surface area (Å²) in [6.07, 6.45) is 7.12. The summed E-state index contributed by atoms with van der Waals surface area (Å²) in [7, 11) is -3.35. The molecule has 6 nitrogen and oxygen atoms in total. The first-order chi connectivity index (χ1) is 12.3. The smallest absolute Gasteiger partial charge is 0.220 e. The molecule has 0 N–H and O–H groups in total. The fraction of sp³-hybridized carbons (Fsp3) is 0.895. The topological polar surface area (TPSA) is 81.5 Å². The highest BCUT2D eigenvalue weighted by Crippen LogP contribution is 2.36. The fourth-order valence-corrected chi connectivity index (χ4v) is 7.50. The van der Waals surface area contributed by atoms with E-state index in [0.29, 0.717) is 6.54 Å². The zero-order chi connectivity index (χ0) is 18.9. The molecular formula is C19H31N3O3S. The molecule has 2 saturated carbocycles. The number of carbonyl (C=O) groups excluding carboxylic acids is 1. The first-order valence-corrected chi connectivity index (χ1v) is 11.6. The van der Waals surface area contributed by atoms with Crippen LogP contribution < -0.4 is 0 Å². The van der Waals surface area contributed by atoms with E-state index in [4.69, 9.17) is 5.26 Å².